The van der Waals surface area contributed by atoms with Crippen LogP contribution in [0.4, 0.5) is 11.5 Å². The molecule has 3 aromatic rings. The first-order valence-electron chi connectivity index (χ1n) is 9.11. The highest BCUT2D eigenvalue weighted by atomic mass is 16.2. The second-order valence-corrected chi connectivity index (χ2v) is 6.37. The SMILES string of the molecule is CCN(Cc1ccccc1)C(=O)c1ccc(Nc2ccc(C(C)=O)cc2)nn1. The van der Waals surface area contributed by atoms with Crippen molar-refractivity contribution >= 4 is 23.2 Å². The van der Waals surface area contributed by atoms with Crippen LogP contribution >= 0.6 is 0 Å². The van der Waals surface area contributed by atoms with E-state index >= 15 is 0 Å². The van der Waals surface area contributed by atoms with E-state index in [0.717, 1.165) is 11.3 Å². The lowest BCUT2D eigenvalue weighted by Gasteiger charge is -2.20. The summed E-state index contributed by atoms with van der Waals surface area (Å²) >= 11 is 0. The molecule has 1 heterocycles. The second-order valence-electron chi connectivity index (χ2n) is 6.37. The molecule has 1 aromatic heterocycles. The van der Waals surface area contributed by atoms with Crippen molar-refractivity contribution in [3.63, 3.8) is 0 Å². The highest BCUT2D eigenvalue weighted by Gasteiger charge is 2.16. The van der Waals surface area contributed by atoms with E-state index in [-0.39, 0.29) is 11.7 Å². The average Bonchev–Trinajstić information content (AvgIpc) is 2.73. The molecule has 0 atom stereocenters. The predicted molar refractivity (Wildman–Crippen MR) is 109 cm³/mol. The van der Waals surface area contributed by atoms with Gasteiger partial charge in [0.05, 0.1) is 0 Å². The summed E-state index contributed by atoms with van der Waals surface area (Å²) in [5, 5.41) is 11.3. The van der Waals surface area contributed by atoms with Crippen LogP contribution in [-0.4, -0.2) is 33.3 Å². The molecule has 6 heteroatoms. The maximum Gasteiger partial charge on any atom is 0.274 e. The Kier molecular flexibility index (Phi) is 6.11. The molecular formula is C22H22N4O2. The number of nitrogens with zero attached hydrogens (tertiary/aromatic N) is 3. The maximum atomic E-state index is 12.7. The van der Waals surface area contributed by atoms with Gasteiger partial charge in [-0.25, -0.2) is 0 Å². The van der Waals surface area contributed by atoms with Gasteiger partial charge in [0, 0.05) is 24.3 Å². The zero-order valence-electron chi connectivity index (χ0n) is 15.9. The Morgan fingerprint density at radius 3 is 2.21 bits per heavy atom. The van der Waals surface area contributed by atoms with Gasteiger partial charge in [-0.3, -0.25) is 9.59 Å². The number of rotatable bonds is 7. The van der Waals surface area contributed by atoms with Crippen molar-refractivity contribution in [2.75, 3.05) is 11.9 Å². The lowest BCUT2D eigenvalue weighted by molar-refractivity contribution is 0.0745. The Morgan fingerprint density at radius 1 is 0.929 bits per heavy atom. The van der Waals surface area contributed by atoms with Gasteiger partial charge in [-0.15, -0.1) is 10.2 Å². The van der Waals surface area contributed by atoms with E-state index in [2.05, 4.69) is 15.5 Å². The molecule has 0 aliphatic carbocycles. The number of benzene rings is 2. The van der Waals surface area contributed by atoms with E-state index in [4.69, 9.17) is 0 Å². The molecule has 0 fully saturated rings. The molecule has 28 heavy (non-hydrogen) atoms. The van der Waals surface area contributed by atoms with E-state index in [9.17, 15) is 9.59 Å². The molecule has 0 radical (unpaired) electrons. The van der Waals surface area contributed by atoms with Crippen LogP contribution in [0.5, 0.6) is 0 Å². The molecule has 0 aliphatic heterocycles. The quantitative estimate of drug-likeness (QED) is 0.631. The first-order chi connectivity index (χ1) is 13.6. The standard InChI is InChI=1S/C22H22N4O2/c1-3-26(15-17-7-5-4-6-8-17)22(28)20-13-14-21(25-24-20)23-19-11-9-18(10-12-19)16(2)27/h4-14H,3,15H2,1-2H3,(H,23,25). The van der Waals surface area contributed by atoms with Gasteiger partial charge in [0.25, 0.3) is 5.91 Å². The molecule has 6 nitrogen and oxygen atoms in total. The summed E-state index contributed by atoms with van der Waals surface area (Å²) in [6.07, 6.45) is 0. The zero-order chi connectivity index (χ0) is 19.9. The van der Waals surface area contributed by atoms with Crippen LogP contribution in [0.25, 0.3) is 0 Å². The fourth-order valence-electron chi connectivity index (χ4n) is 2.74. The van der Waals surface area contributed by atoms with E-state index < -0.39 is 0 Å². The Morgan fingerprint density at radius 2 is 1.64 bits per heavy atom. The Labute approximate surface area is 164 Å². The molecule has 0 spiro atoms. The fourth-order valence-corrected chi connectivity index (χ4v) is 2.74. The van der Waals surface area contributed by atoms with Gasteiger partial charge in [0.1, 0.15) is 0 Å². The molecular weight excluding hydrogens is 352 g/mol. The second kappa shape index (κ2) is 8.90. The molecule has 2 aromatic carbocycles. The van der Waals surface area contributed by atoms with Crippen molar-refractivity contribution in [1.82, 2.24) is 15.1 Å². The normalized spacial score (nSPS) is 10.4. The smallest absolute Gasteiger partial charge is 0.274 e. The average molecular weight is 374 g/mol. The van der Waals surface area contributed by atoms with Crippen LogP contribution in [0.2, 0.25) is 0 Å². The zero-order valence-corrected chi connectivity index (χ0v) is 15.9. The number of carbonyl (C=O) groups excluding carboxylic acids is 2. The van der Waals surface area contributed by atoms with E-state index in [1.165, 1.54) is 6.92 Å². The van der Waals surface area contributed by atoms with Crippen molar-refractivity contribution in [1.29, 1.82) is 0 Å². The van der Waals surface area contributed by atoms with Gasteiger partial charge < -0.3 is 10.2 Å². The van der Waals surface area contributed by atoms with Crippen LogP contribution in [0.3, 0.4) is 0 Å². The van der Waals surface area contributed by atoms with Crippen LogP contribution in [-0.2, 0) is 6.54 Å². The van der Waals surface area contributed by atoms with Crippen molar-refractivity contribution in [2.45, 2.75) is 20.4 Å². The summed E-state index contributed by atoms with van der Waals surface area (Å²) in [6, 6.07) is 20.3. The minimum absolute atomic E-state index is 0.0187. The van der Waals surface area contributed by atoms with Crippen molar-refractivity contribution in [3.8, 4) is 0 Å². The Balaban J connectivity index is 1.67. The number of nitrogens with one attached hydrogen (secondary N) is 1. The van der Waals surface area contributed by atoms with Gasteiger partial charge in [-0.1, -0.05) is 30.3 Å². The third-order valence-corrected chi connectivity index (χ3v) is 4.33. The summed E-state index contributed by atoms with van der Waals surface area (Å²) in [5.74, 6) is 0.389. The molecule has 1 amide bonds. The van der Waals surface area contributed by atoms with Crippen molar-refractivity contribution in [3.05, 3.63) is 83.6 Å². The summed E-state index contributed by atoms with van der Waals surface area (Å²) in [6.45, 7) is 4.58. The molecule has 142 valence electrons. The Bertz CT molecular complexity index is 939. The number of aromatic nitrogens is 2. The van der Waals surface area contributed by atoms with Crippen LogP contribution in [0.1, 0.15) is 40.3 Å². The van der Waals surface area contributed by atoms with Gasteiger partial charge in [-0.2, -0.15) is 0 Å². The molecule has 3 rings (SSSR count). The van der Waals surface area contributed by atoms with Crippen molar-refractivity contribution in [2.24, 2.45) is 0 Å². The third-order valence-electron chi connectivity index (χ3n) is 4.33. The van der Waals surface area contributed by atoms with Gasteiger partial charge in [0.15, 0.2) is 17.3 Å². The highest BCUT2D eigenvalue weighted by molar-refractivity contribution is 5.94. The summed E-state index contributed by atoms with van der Waals surface area (Å²) < 4.78 is 0. The van der Waals surface area contributed by atoms with Gasteiger partial charge in [0.2, 0.25) is 0 Å². The number of anilines is 2. The predicted octanol–water partition coefficient (Wildman–Crippen LogP) is 4.09. The Hall–Kier alpha value is -3.54. The highest BCUT2D eigenvalue weighted by Crippen LogP contribution is 2.16. The topological polar surface area (TPSA) is 75.2 Å². The van der Waals surface area contributed by atoms with E-state index in [1.807, 2.05) is 37.3 Å². The van der Waals surface area contributed by atoms with Gasteiger partial charge in [-0.05, 0) is 55.8 Å². The largest absolute Gasteiger partial charge is 0.339 e. The number of hydrogen-bond acceptors (Lipinski definition) is 5. The van der Waals surface area contributed by atoms with Gasteiger partial charge >= 0.3 is 0 Å². The minimum atomic E-state index is -0.156. The molecule has 0 bridgehead atoms. The minimum Gasteiger partial charge on any atom is -0.339 e. The first-order valence-corrected chi connectivity index (χ1v) is 9.11. The molecule has 0 unspecified atom stereocenters. The summed E-state index contributed by atoms with van der Waals surface area (Å²) in [4.78, 5) is 25.8. The number of Topliss-reactive ketones (excluding diaryl/α,β-unsaturated/α-hetero) is 1. The number of hydrogen-bond donors (Lipinski definition) is 1. The van der Waals surface area contributed by atoms with Crippen LogP contribution in [0.15, 0.2) is 66.7 Å². The lowest BCUT2D eigenvalue weighted by atomic mass is 10.1. The van der Waals surface area contributed by atoms with Crippen LogP contribution < -0.4 is 5.32 Å². The van der Waals surface area contributed by atoms with Crippen molar-refractivity contribution < 1.29 is 9.59 Å². The molecule has 0 aliphatic rings. The molecule has 0 saturated heterocycles. The number of amides is 1. The number of ketones is 1. The third kappa shape index (κ3) is 4.79. The molecule has 1 N–H and O–H groups in total. The fraction of sp³-hybridized carbons (Fsp3) is 0.182. The lowest BCUT2D eigenvalue weighted by Crippen LogP contribution is -2.31. The summed E-state index contributed by atoms with van der Waals surface area (Å²) in [5.41, 5.74) is 2.81. The first kappa shape index (κ1) is 19.2. The molecule has 0 saturated carbocycles. The number of carbonyl (C=O) groups is 2. The van der Waals surface area contributed by atoms with E-state index in [0.29, 0.717) is 30.2 Å². The van der Waals surface area contributed by atoms with E-state index in [1.54, 1.807) is 41.3 Å². The monoisotopic (exact) mass is 374 g/mol. The summed E-state index contributed by atoms with van der Waals surface area (Å²) in [7, 11) is 0. The maximum absolute atomic E-state index is 12.7. The van der Waals surface area contributed by atoms with Crippen LogP contribution in [0, 0.1) is 0 Å².